The molecule has 100 valence electrons. The van der Waals surface area contributed by atoms with E-state index in [9.17, 15) is 17.1 Å². The van der Waals surface area contributed by atoms with Gasteiger partial charge in [-0.3, -0.25) is 0 Å². The molecule has 5 nitrogen and oxygen atoms in total. The monoisotopic (exact) mass is 276 g/mol. The van der Waals surface area contributed by atoms with E-state index >= 15 is 0 Å². The number of para-hydroxylation sites is 1. The summed E-state index contributed by atoms with van der Waals surface area (Å²) in [6.07, 6.45) is 0. The van der Waals surface area contributed by atoms with Crippen LogP contribution in [0.2, 0.25) is 0 Å². The number of hydrogen-bond acceptors (Lipinski definition) is 5. The Hall–Kier alpha value is -1.63. The lowest BCUT2D eigenvalue weighted by molar-refractivity contribution is 0.00680. The van der Waals surface area contributed by atoms with Gasteiger partial charge >= 0.3 is 16.5 Å². The van der Waals surface area contributed by atoms with Gasteiger partial charge in [0, 0.05) is 0 Å². The highest BCUT2D eigenvalue weighted by Crippen LogP contribution is 2.23. The van der Waals surface area contributed by atoms with Crippen LogP contribution in [0.3, 0.4) is 0 Å². The Bertz CT molecular complexity index is 545. The molecule has 1 rings (SSSR count). The number of carbonyl (C=O) groups is 1. The molecule has 0 radical (unpaired) electrons. The molecule has 0 N–H and O–H groups in total. The molecule has 0 bridgehead atoms. The van der Waals surface area contributed by atoms with Crippen LogP contribution < -0.4 is 4.18 Å². The lowest BCUT2D eigenvalue weighted by Gasteiger charge is -2.20. The largest absolute Gasteiger partial charge is 0.488 e. The average Bonchev–Trinajstić information content (AvgIpc) is 2.12. The fourth-order valence-electron chi connectivity index (χ4n) is 1.15. The van der Waals surface area contributed by atoms with Gasteiger partial charge in [-0.05, 0) is 32.9 Å². The maximum absolute atomic E-state index is 12.5. The summed E-state index contributed by atoms with van der Waals surface area (Å²) in [5, 5.41) is 0. The molecule has 0 aliphatic rings. The molecule has 0 atom stereocenters. The minimum Gasteiger partial charge on any atom is -0.456 e. The van der Waals surface area contributed by atoms with E-state index in [1.807, 2.05) is 0 Å². The number of hydrogen-bond donors (Lipinski definition) is 0. The van der Waals surface area contributed by atoms with Gasteiger partial charge in [0.15, 0.2) is 5.75 Å². The Morgan fingerprint density at radius 3 is 2.28 bits per heavy atom. The summed E-state index contributed by atoms with van der Waals surface area (Å²) in [5.41, 5.74) is -0.910. The lowest BCUT2D eigenvalue weighted by atomic mass is 10.1. The first kappa shape index (κ1) is 14.4. The average molecular weight is 276 g/mol. The number of rotatable bonds is 3. The summed E-state index contributed by atoms with van der Waals surface area (Å²) in [6, 6.07) is 5.34. The van der Waals surface area contributed by atoms with E-state index in [1.54, 1.807) is 20.8 Å². The van der Waals surface area contributed by atoms with Gasteiger partial charge in [-0.25, -0.2) is 4.79 Å². The molecule has 0 aliphatic heterocycles. The quantitative estimate of drug-likeness (QED) is 0.625. The van der Waals surface area contributed by atoms with E-state index in [0.29, 0.717) is 0 Å². The fourth-order valence-corrected chi connectivity index (χ4v) is 1.51. The van der Waals surface area contributed by atoms with Gasteiger partial charge in [-0.2, -0.15) is 8.42 Å². The smallest absolute Gasteiger partial charge is 0.456 e. The van der Waals surface area contributed by atoms with Crippen molar-refractivity contribution in [2.45, 2.75) is 26.4 Å². The summed E-state index contributed by atoms with van der Waals surface area (Å²) >= 11 is 0. The van der Waals surface area contributed by atoms with Crippen LogP contribution in [0.25, 0.3) is 0 Å². The summed E-state index contributed by atoms with van der Waals surface area (Å²) in [6.45, 7) is 4.96. The third-order valence-electron chi connectivity index (χ3n) is 1.70. The first-order chi connectivity index (χ1) is 8.08. The molecular formula is C11H13FO5S. The van der Waals surface area contributed by atoms with E-state index in [4.69, 9.17) is 4.74 Å². The highest BCUT2D eigenvalue weighted by atomic mass is 32.3. The van der Waals surface area contributed by atoms with Gasteiger partial charge in [0.05, 0.1) is 0 Å². The second kappa shape index (κ2) is 4.93. The van der Waals surface area contributed by atoms with Crippen LogP contribution in [0.4, 0.5) is 3.89 Å². The zero-order chi connectivity index (χ0) is 14.0. The third kappa shape index (κ3) is 4.70. The highest BCUT2D eigenvalue weighted by molar-refractivity contribution is 7.81. The van der Waals surface area contributed by atoms with Crippen LogP contribution in [-0.4, -0.2) is 20.0 Å². The number of ether oxygens (including phenoxy) is 1. The van der Waals surface area contributed by atoms with E-state index < -0.39 is 27.8 Å². The van der Waals surface area contributed by atoms with Crippen molar-refractivity contribution in [3.63, 3.8) is 0 Å². The van der Waals surface area contributed by atoms with Crippen LogP contribution in [0, 0.1) is 0 Å². The molecule has 0 saturated heterocycles. The zero-order valence-electron chi connectivity index (χ0n) is 10.1. The van der Waals surface area contributed by atoms with Crippen LogP contribution in [-0.2, 0) is 15.2 Å². The Morgan fingerprint density at radius 2 is 1.78 bits per heavy atom. The van der Waals surface area contributed by atoms with Crippen LogP contribution in [0.15, 0.2) is 24.3 Å². The third-order valence-corrected chi connectivity index (χ3v) is 2.07. The maximum Gasteiger partial charge on any atom is 0.488 e. The van der Waals surface area contributed by atoms with Gasteiger partial charge in [-0.15, -0.1) is 0 Å². The van der Waals surface area contributed by atoms with Crippen LogP contribution in [0.1, 0.15) is 31.1 Å². The Balaban J connectivity index is 3.06. The lowest BCUT2D eigenvalue weighted by Crippen LogP contribution is -2.24. The van der Waals surface area contributed by atoms with Crippen LogP contribution in [0.5, 0.6) is 5.75 Å². The number of carbonyl (C=O) groups excluding carboxylic acids is 1. The first-order valence-corrected chi connectivity index (χ1v) is 6.36. The predicted octanol–water partition coefficient (Wildman–Crippen LogP) is 2.24. The zero-order valence-corrected chi connectivity index (χ0v) is 11.0. The molecule has 0 aliphatic carbocycles. The molecule has 1 aromatic rings. The standard InChI is InChI=1S/C11H13FO5S/c1-11(2,3)16-10(13)8-6-4-5-7-9(8)17-18(12,14)15/h4-7H,1-3H3. The molecule has 7 heteroatoms. The van der Waals surface area contributed by atoms with Crippen molar-refractivity contribution < 1.29 is 26.0 Å². The van der Waals surface area contributed by atoms with Crippen molar-refractivity contribution >= 4 is 16.5 Å². The van der Waals surface area contributed by atoms with Gasteiger partial charge in [0.2, 0.25) is 0 Å². The Morgan fingerprint density at radius 1 is 1.22 bits per heavy atom. The van der Waals surface area contributed by atoms with Gasteiger partial charge in [0.25, 0.3) is 0 Å². The minimum absolute atomic E-state index is 0.159. The molecule has 0 fully saturated rings. The molecule has 0 saturated carbocycles. The van der Waals surface area contributed by atoms with E-state index in [1.165, 1.54) is 18.2 Å². The van der Waals surface area contributed by atoms with E-state index in [0.717, 1.165) is 6.07 Å². The van der Waals surface area contributed by atoms with E-state index in [-0.39, 0.29) is 5.56 Å². The molecule has 0 unspecified atom stereocenters. The normalized spacial score (nSPS) is 12.0. The number of esters is 1. The molecule has 18 heavy (non-hydrogen) atoms. The van der Waals surface area contributed by atoms with Crippen molar-refractivity contribution in [2.75, 3.05) is 0 Å². The Kier molecular flexibility index (Phi) is 3.95. The van der Waals surface area contributed by atoms with Crippen molar-refractivity contribution in [3.05, 3.63) is 29.8 Å². The predicted molar refractivity (Wildman–Crippen MR) is 62.3 cm³/mol. The van der Waals surface area contributed by atoms with Crippen molar-refractivity contribution in [1.29, 1.82) is 0 Å². The van der Waals surface area contributed by atoms with E-state index in [2.05, 4.69) is 4.18 Å². The second-order valence-corrected chi connectivity index (χ2v) is 5.43. The fraction of sp³-hybridized carbons (Fsp3) is 0.364. The molecular weight excluding hydrogens is 263 g/mol. The molecule has 0 aromatic heterocycles. The molecule has 0 amide bonds. The summed E-state index contributed by atoms with van der Waals surface area (Å²) < 4.78 is 42.4. The maximum atomic E-state index is 12.5. The molecule has 0 heterocycles. The van der Waals surface area contributed by atoms with Gasteiger partial charge in [-0.1, -0.05) is 16.0 Å². The summed E-state index contributed by atoms with van der Waals surface area (Å²) in [4.78, 5) is 11.7. The van der Waals surface area contributed by atoms with Gasteiger partial charge in [0.1, 0.15) is 11.2 Å². The van der Waals surface area contributed by atoms with Crippen LogP contribution >= 0.6 is 0 Å². The van der Waals surface area contributed by atoms with Crippen molar-refractivity contribution in [3.8, 4) is 5.75 Å². The van der Waals surface area contributed by atoms with Crippen molar-refractivity contribution in [1.82, 2.24) is 0 Å². The van der Waals surface area contributed by atoms with Crippen molar-refractivity contribution in [2.24, 2.45) is 0 Å². The topological polar surface area (TPSA) is 69.7 Å². The highest BCUT2D eigenvalue weighted by Gasteiger charge is 2.23. The minimum atomic E-state index is -5.18. The first-order valence-electron chi connectivity index (χ1n) is 5.05. The SMILES string of the molecule is CC(C)(C)OC(=O)c1ccccc1OS(=O)(=O)F. The Labute approximate surface area is 105 Å². The molecule has 0 spiro atoms. The summed E-state index contributed by atoms with van der Waals surface area (Å²) in [5.74, 6) is -1.20. The second-order valence-electron chi connectivity index (χ2n) is 4.47. The number of benzene rings is 1. The van der Waals surface area contributed by atoms with Gasteiger partial charge < -0.3 is 8.92 Å². The number of halogens is 1. The summed E-state index contributed by atoms with van der Waals surface area (Å²) in [7, 11) is -5.18. The molecule has 1 aromatic carbocycles.